The van der Waals surface area contributed by atoms with Crippen LogP contribution in [0.1, 0.15) is 45.4 Å². The topological polar surface area (TPSA) is 4.44 Å². The predicted octanol–water partition coefficient (Wildman–Crippen LogP) is -0.0238. The van der Waals surface area contributed by atoms with E-state index in [0.29, 0.717) is 0 Å². The Kier molecular flexibility index (Phi) is 10.2. The summed E-state index contributed by atoms with van der Waals surface area (Å²) in [6.45, 7) is 3.49. The largest absolute Gasteiger partial charge is 1.00 e. The van der Waals surface area contributed by atoms with Crippen molar-refractivity contribution < 1.29 is 16.7 Å². The first-order valence-corrected chi connectivity index (χ1v) is 6.99. The summed E-state index contributed by atoms with van der Waals surface area (Å²) in [5.41, 5.74) is 0. The maximum Gasteiger partial charge on any atom is 0.157 e. The highest BCUT2D eigenvalue weighted by Gasteiger charge is 2.19. The van der Waals surface area contributed by atoms with Gasteiger partial charge in [-0.15, -0.1) is 11.6 Å². The number of unbranched alkanes of at least 4 members (excludes halogenated alkanes) is 5. The zero-order chi connectivity index (χ0) is 10.2. The summed E-state index contributed by atoms with van der Waals surface area (Å²) in [7, 11) is 0. The number of hydrogen-bond donors (Lipinski definition) is 1. The van der Waals surface area contributed by atoms with E-state index in [4.69, 9.17) is 11.6 Å². The van der Waals surface area contributed by atoms with E-state index in [2.05, 4.69) is 19.2 Å². The summed E-state index contributed by atoms with van der Waals surface area (Å²) in [6, 6.07) is 0. The zero-order valence-electron chi connectivity index (χ0n) is 9.35. The summed E-state index contributed by atoms with van der Waals surface area (Å²) in [4.78, 5) is 0. The lowest BCUT2D eigenvalue weighted by Gasteiger charge is -2.07. The monoisotopic (exact) mass is 269 g/mol. The number of nitrogens with one attached hydrogen (secondary N) is 1. The Bertz CT molecular complexity index is 176. The third kappa shape index (κ3) is 7.51. The highest BCUT2D eigenvalue weighted by molar-refractivity contribution is 7.95. The molecule has 0 bridgehead atoms. The molecule has 2 atom stereocenters. The Morgan fingerprint density at radius 2 is 1.87 bits per heavy atom. The van der Waals surface area contributed by atoms with Crippen LogP contribution in [-0.2, 0) is 0 Å². The molecule has 1 rings (SSSR count). The first kappa shape index (κ1) is 15.6. The van der Waals surface area contributed by atoms with Crippen LogP contribution in [-0.4, -0.2) is 11.3 Å². The molecule has 0 amide bonds. The van der Waals surface area contributed by atoms with E-state index >= 15 is 0 Å². The molecule has 1 N–H and O–H groups in total. The van der Waals surface area contributed by atoms with Gasteiger partial charge in [0.1, 0.15) is 18.1 Å². The van der Waals surface area contributed by atoms with Gasteiger partial charge >= 0.3 is 0 Å². The van der Waals surface area contributed by atoms with E-state index in [9.17, 15) is 0 Å². The van der Waals surface area contributed by atoms with Crippen molar-refractivity contribution in [1.82, 2.24) is 0 Å². The SMILES string of the molecule is CCCCCCCC[NH+]1C=CC(Cl)S1.[Cl-]. The minimum Gasteiger partial charge on any atom is -1.00 e. The fraction of sp³-hybridized carbons (Fsp3) is 0.818. The van der Waals surface area contributed by atoms with Crippen molar-refractivity contribution >= 4 is 23.5 Å². The first-order chi connectivity index (χ1) is 6.83. The van der Waals surface area contributed by atoms with Gasteiger partial charge in [-0.25, -0.2) is 4.31 Å². The summed E-state index contributed by atoms with van der Waals surface area (Å²) in [6.07, 6.45) is 12.5. The molecule has 0 saturated heterocycles. The molecule has 4 heteroatoms. The van der Waals surface area contributed by atoms with Crippen LogP contribution in [0.25, 0.3) is 0 Å². The molecule has 1 aliphatic rings. The van der Waals surface area contributed by atoms with Crippen molar-refractivity contribution in [3.63, 3.8) is 0 Å². The lowest BCUT2D eigenvalue weighted by molar-refractivity contribution is -0.691. The van der Waals surface area contributed by atoms with Crippen LogP contribution in [0.5, 0.6) is 0 Å². The maximum atomic E-state index is 5.94. The average molecular weight is 270 g/mol. The third-order valence-corrected chi connectivity index (χ3v) is 3.91. The third-order valence-electron chi connectivity index (χ3n) is 2.47. The van der Waals surface area contributed by atoms with Crippen LogP contribution in [0.4, 0.5) is 0 Å². The number of quaternary nitrogens is 1. The van der Waals surface area contributed by atoms with Gasteiger partial charge in [0.25, 0.3) is 0 Å². The molecule has 0 saturated carbocycles. The van der Waals surface area contributed by atoms with Gasteiger partial charge in [0.2, 0.25) is 0 Å². The molecule has 90 valence electrons. The average Bonchev–Trinajstić information content (AvgIpc) is 2.58. The molecule has 0 aromatic heterocycles. The number of rotatable bonds is 7. The number of alkyl halides is 1. The molecular weight excluding hydrogens is 249 g/mol. The van der Waals surface area contributed by atoms with Crippen LogP contribution in [0, 0.1) is 0 Å². The Balaban J connectivity index is 0.00000196. The molecule has 0 aromatic rings. The minimum absolute atomic E-state index is 0. The lowest BCUT2D eigenvalue weighted by atomic mass is 10.1. The molecule has 0 fully saturated rings. The highest BCUT2D eigenvalue weighted by atomic mass is 35.5. The molecule has 15 heavy (non-hydrogen) atoms. The number of halogens is 2. The highest BCUT2D eigenvalue weighted by Crippen LogP contribution is 2.13. The van der Waals surface area contributed by atoms with Gasteiger partial charge in [-0.05, 0) is 12.8 Å². The molecule has 1 nitrogen and oxygen atoms in total. The molecule has 0 spiro atoms. The molecule has 1 aliphatic heterocycles. The first-order valence-electron chi connectivity index (χ1n) is 5.67. The zero-order valence-corrected chi connectivity index (χ0v) is 11.7. The molecule has 1 heterocycles. The van der Waals surface area contributed by atoms with Crippen molar-refractivity contribution in [3.05, 3.63) is 12.3 Å². The van der Waals surface area contributed by atoms with Crippen LogP contribution >= 0.6 is 23.5 Å². The Hall–Kier alpha value is 0.630. The second-order valence-electron chi connectivity index (χ2n) is 3.81. The Labute approximate surface area is 109 Å². The predicted molar refractivity (Wildman–Crippen MR) is 65.6 cm³/mol. The fourth-order valence-corrected chi connectivity index (χ4v) is 2.91. The summed E-state index contributed by atoms with van der Waals surface area (Å²) in [5.74, 6) is 0. The van der Waals surface area contributed by atoms with Gasteiger partial charge in [0.15, 0.2) is 4.71 Å². The second-order valence-corrected chi connectivity index (χ2v) is 5.81. The lowest BCUT2D eigenvalue weighted by Crippen LogP contribution is -3.00. The summed E-state index contributed by atoms with van der Waals surface area (Å²) < 4.78 is 1.67. The van der Waals surface area contributed by atoms with Gasteiger partial charge in [-0.1, -0.05) is 32.6 Å². The second kappa shape index (κ2) is 9.83. The van der Waals surface area contributed by atoms with Gasteiger partial charge in [-0.2, -0.15) is 0 Å². The fourth-order valence-electron chi connectivity index (χ4n) is 1.63. The van der Waals surface area contributed by atoms with Crippen molar-refractivity contribution in [2.24, 2.45) is 0 Å². The molecular formula is C11H21Cl2NS. The van der Waals surface area contributed by atoms with E-state index in [1.807, 2.05) is 0 Å². The molecule has 0 radical (unpaired) electrons. The van der Waals surface area contributed by atoms with Crippen molar-refractivity contribution in [2.75, 3.05) is 6.54 Å². The van der Waals surface area contributed by atoms with Gasteiger partial charge in [-0.3, -0.25) is 0 Å². The van der Waals surface area contributed by atoms with E-state index in [0.717, 1.165) is 0 Å². The molecule has 0 aliphatic carbocycles. The van der Waals surface area contributed by atoms with Crippen LogP contribution < -0.4 is 16.7 Å². The van der Waals surface area contributed by atoms with E-state index < -0.39 is 0 Å². The molecule has 2 unspecified atom stereocenters. The van der Waals surface area contributed by atoms with Crippen LogP contribution in [0.15, 0.2) is 12.3 Å². The Morgan fingerprint density at radius 3 is 2.47 bits per heavy atom. The van der Waals surface area contributed by atoms with E-state index in [1.165, 1.54) is 49.4 Å². The summed E-state index contributed by atoms with van der Waals surface area (Å²) >= 11 is 7.75. The van der Waals surface area contributed by atoms with Crippen molar-refractivity contribution in [3.8, 4) is 0 Å². The van der Waals surface area contributed by atoms with Crippen molar-refractivity contribution in [1.29, 1.82) is 0 Å². The van der Waals surface area contributed by atoms with Gasteiger partial charge < -0.3 is 12.4 Å². The standard InChI is InChI=1S/C11H20ClNS.ClH/c1-2-3-4-5-6-7-9-13-10-8-11(12)14-13;/h8,10-11H,2-7,9H2,1H3;1H. The molecule has 0 aromatic carbocycles. The minimum atomic E-state index is 0. The van der Waals surface area contributed by atoms with Crippen LogP contribution in [0.2, 0.25) is 0 Å². The number of hydrogen-bond acceptors (Lipinski definition) is 1. The van der Waals surface area contributed by atoms with Crippen LogP contribution in [0.3, 0.4) is 0 Å². The Morgan fingerprint density at radius 1 is 1.20 bits per heavy atom. The van der Waals surface area contributed by atoms with E-state index in [-0.39, 0.29) is 17.1 Å². The van der Waals surface area contributed by atoms with E-state index in [1.54, 1.807) is 11.9 Å². The quantitative estimate of drug-likeness (QED) is 0.387. The van der Waals surface area contributed by atoms with Gasteiger partial charge in [0, 0.05) is 6.08 Å². The maximum absolute atomic E-state index is 5.94. The van der Waals surface area contributed by atoms with Crippen molar-refractivity contribution in [2.45, 2.75) is 50.2 Å². The normalized spacial score (nSPS) is 24.1. The smallest absolute Gasteiger partial charge is 0.157 e. The van der Waals surface area contributed by atoms with Gasteiger partial charge in [0.05, 0.1) is 6.54 Å². The summed E-state index contributed by atoms with van der Waals surface area (Å²) in [5, 5.41) is 0.